The van der Waals surface area contributed by atoms with Crippen molar-refractivity contribution in [1.29, 1.82) is 0 Å². The number of hydrogen-bond donors (Lipinski definition) is 1. The summed E-state index contributed by atoms with van der Waals surface area (Å²) in [6.45, 7) is 0. The Labute approximate surface area is 89.3 Å². The van der Waals surface area contributed by atoms with E-state index < -0.39 is 6.10 Å². The fourth-order valence-electron chi connectivity index (χ4n) is 2.07. The van der Waals surface area contributed by atoms with E-state index in [9.17, 15) is 9.50 Å². The van der Waals surface area contributed by atoms with Gasteiger partial charge in [-0.2, -0.15) is 0 Å². The van der Waals surface area contributed by atoms with Crippen LogP contribution in [0.4, 0.5) is 4.39 Å². The van der Waals surface area contributed by atoms with E-state index in [0.29, 0.717) is 5.56 Å². The number of benzene rings is 1. The molecule has 2 rings (SSSR count). The molecule has 0 amide bonds. The van der Waals surface area contributed by atoms with Crippen LogP contribution in [0.1, 0.15) is 30.9 Å². The Balaban J connectivity index is 2.12. The van der Waals surface area contributed by atoms with Gasteiger partial charge in [0.1, 0.15) is 5.82 Å². The zero-order valence-electron chi connectivity index (χ0n) is 8.57. The SMILES string of the molecule is OC(c1cccc(F)c1)C1CC=CCC1. The van der Waals surface area contributed by atoms with Gasteiger partial charge in [0.25, 0.3) is 0 Å². The van der Waals surface area contributed by atoms with Gasteiger partial charge in [0, 0.05) is 0 Å². The van der Waals surface area contributed by atoms with Crippen molar-refractivity contribution >= 4 is 0 Å². The number of rotatable bonds is 2. The summed E-state index contributed by atoms with van der Waals surface area (Å²) in [5.74, 6) is -0.0466. The van der Waals surface area contributed by atoms with Gasteiger partial charge in [-0.25, -0.2) is 4.39 Å². The van der Waals surface area contributed by atoms with Gasteiger partial charge in [-0.3, -0.25) is 0 Å². The molecule has 0 saturated heterocycles. The Morgan fingerprint density at radius 3 is 2.87 bits per heavy atom. The molecule has 2 heteroatoms. The zero-order chi connectivity index (χ0) is 10.7. The Kier molecular flexibility index (Phi) is 3.17. The minimum Gasteiger partial charge on any atom is -0.388 e. The minimum absolute atomic E-state index is 0.233. The molecule has 1 aromatic carbocycles. The van der Waals surface area contributed by atoms with Crippen LogP contribution in [0, 0.1) is 11.7 Å². The lowest BCUT2D eigenvalue weighted by Crippen LogP contribution is -2.13. The summed E-state index contributed by atoms with van der Waals surface area (Å²) in [5, 5.41) is 10.1. The topological polar surface area (TPSA) is 20.2 Å². The number of aliphatic hydroxyl groups excluding tert-OH is 1. The first-order chi connectivity index (χ1) is 7.27. The normalized spacial score (nSPS) is 22.7. The smallest absolute Gasteiger partial charge is 0.123 e. The Bertz CT molecular complexity index is 359. The van der Waals surface area contributed by atoms with Gasteiger partial charge in [0.05, 0.1) is 6.10 Å². The maximum absolute atomic E-state index is 13.0. The first kappa shape index (κ1) is 10.4. The van der Waals surface area contributed by atoms with Crippen molar-refractivity contribution in [3.8, 4) is 0 Å². The maximum atomic E-state index is 13.0. The molecular formula is C13H15FO. The highest BCUT2D eigenvalue weighted by Crippen LogP contribution is 2.31. The molecule has 1 nitrogen and oxygen atoms in total. The summed E-state index contributed by atoms with van der Waals surface area (Å²) in [4.78, 5) is 0. The summed E-state index contributed by atoms with van der Waals surface area (Å²) < 4.78 is 13.0. The van der Waals surface area contributed by atoms with Gasteiger partial charge in [0.2, 0.25) is 0 Å². The van der Waals surface area contributed by atoms with Crippen molar-refractivity contribution < 1.29 is 9.50 Å². The van der Waals surface area contributed by atoms with E-state index in [-0.39, 0.29) is 11.7 Å². The molecule has 0 bridgehead atoms. The Hall–Kier alpha value is -1.15. The molecule has 0 heterocycles. The first-order valence-corrected chi connectivity index (χ1v) is 5.36. The highest BCUT2D eigenvalue weighted by atomic mass is 19.1. The van der Waals surface area contributed by atoms with Gasteiger partial charge < -0.3 is 5.11 Å². The summed E-state index contributed by atoms with van der Waals surface area (Å²) >= 11 is 0. The second-order valence-electron chi connectivity index (χ2n) is 4.04. The fourth-order valence-corrected chi connectivity index (χ4v) is 2.07. The van der Waals surface area contributed by atoms with E-state index in [1.807, 2.05) is 0 Å². The highest BCUT2D eigenvalue weighted by Gasteiger charge is 2.21. The molecule has 1 aliphatic rings. The summed E-state index contributed by atoms with van der Waals surface area (Å²) in [6.07, 6.45) is 6.57. The largest absolute Gasteiger partial charge is 0.388 e. The third-order valence-electron chi connectivity index (χ3n) is 2.95. The summed E-state index contributed by atoms with van der Waals surface area (Å²) in [7, 11) is 0. The van der Waals surface area contributed by atoms with Crippen LogP contribution in [-0.2, 0) is 0 Å². The van der Waals surface area contributed by atoms with Gasteiger partial charge in [0.15, 0.2) is 0 Å². The van der Waals surface area contributed by atoms with Crippen LogP contribution >= 0.6 is 0 Å². The van der Waals surface area contributed by atoms with Crippen LogP contribution in [0.3, 0.4) is 0 Å². The molecule has 0 spiro atoms. The lowest BCUT2D eigenvalue weighted by Gasteiger charge is -2.23. The van der Waals surface area contributed by atoms with Crippen LogP contribution in [0.2, 0.25) is 0 Å². The molecule has 0 aromatic heterocycles. The first-order valence-electron chi connectivity index (χ1n) is 5.36. The number of halogens is 1. The third-order valence-corrected chi connectivity index (χ3v) is 2.95. The van der Waals surface area contributed by atoms with Gasteiger partial charge in [-0.05, 0) is 42.9 Å². The molecule has 0 fully saturated rings. The molecule has 0 aliphatic heterocycles. The van der Waals surface area contributed by atoms with Crippen molar-refractivity contribution in [3.63, 3.8) is 0 Å². The van der Waals surface area contributed by atoms with E-state index in [4.69, 9.17) is 0 Å². The number of aliphatic hydroxyl groups is 1. The van der Waals surface area contributed by atoms with E-state index >= 15 is 0 Å². The predicted molar refractivity (Wildman–Crippen MR) is 57.8 cm³/mol. The molecule has 0 radical (unpaired) electrons. The van der Waals surface area contributed by atoms with Crippen LogP contribution < -0.4 is 0 Å². The van der Waals surface area contributed by atoms with Crippen LogP contribution in [-0.4, -0.2) is 5.11 Å². The fraction of sp³-hybridized carbons (Fsp3) is 0.385. The Morgan fingerprint density at radius 1 is 1.33 bits per heavy atom. The molecule has 0 saturated carbocycles. The van der Waals surface area contributed by atoms with Gasteiger partial charge in [-0.15, -0.1) is 0 Å². The molecule has 2 atom stereocenters. The lowest BCUT2D eigenvalue weighted by atomic mass is 9.86. The van der Waals surface area contributed by atoms with E-state index in [2.05, 4.69) is 12.2 Å². The molecule has 15 heavy (non-hydrogen) atoms. The number of hydrogen-bond acceptors (Lipinski definition) is 1. The number of allylic oxidation sites excluding steroid dienone is 2. The summed E-state index contributed by atoms with van der Waals surface area (Å²) in [5.41, 5.74) is 0.690. The second kappa shape index (κ2) is 4.58. The second-order valence-corrected chi connectivity index (χ2v) is 4.04. The Morgan fingerprint density at radius 2 is 2.20 bits per heavy atom. The van der Waals surface area contributed by atoms with Crippen LogP contribution in [0.25, 0.3) is 0 Å². The third kappa shape index (κ3) is 2.45. The molecule has 80 valence electrons. The van der Waals surface area contributed by atoms with Crippen LogP contribution in [0.15, 0.2) is 36.4 Å². The average Bonchev–Trinajstić information content (AvgIpc) is 2.29. The lowest BCUT2D eigenvalue weighted by molar-refractivity contribution is 0.102. The molecule has 1 aliphatic carbocycles. The van der Waals surface area contributed by atoms with Gasteiger partial charge in [-0.1, -0.05) is 24.3 Å². The molecule has 2 unspecified atom stereocenters. The van der Waals surface area contributed by atoms with Crippen molar-refractivity contribution in [1.82, 2.24) is 0 Å². The monoisotopic (exact) mass is 206 g/mol. The van der Waals surface area contributed by atoms with E-state index in [0.717, 1.165) is 19.3 Å². The standard InChI is InChI=1S/C13H15FO/c14-12-8-4-7-11(9-12)13(15)10-5-2-1-3-6-10/h1-2,4,7-10,13,15H,3,5-6H2. The van der Waals surface area contributed by atoms with Crippen molar-refractivity contribution in [2.75, 3.05) is 0 Å². The molecule has 1 N–H and O–H groups in total. The van der Waals surface area contributed by atoms with Crippen molar-refractivity contribution in [2.45, 2.75) is 25.4 Å². The zero-order valence-corrected chi connectivity index (χ0v) is 8.57. The van der Waals surface area contributed by atoms with Crippen molar-refractivity contribution in [3.05, 3.63) is 47.8 Å². The average molecular weight is 206 g/mol. The maximum Gasteiger partial charge on any atom is 0.123 e. The minimum atomic E-state index is -0.536. The molecule has 1 aromatic rings. The quantitative estimate of drug-likeness (QED) is 0.737. The summed E-state index contributed by atoms with van der Waals surface area (Å²) in [6, 6.07) is 6.25. The van der Waals surface area contributed by atoms with Crippen LogP contribution in [0.5, 0.6) is 0 Å². The predicted octanol–water partition coefficient (Wildman–Crippen LogP) is 3.22. The molecular weight excluding hydrogens is 191 g/mol. The van der Waals surface area contributed by atoms with E-state index in [1.165, 1.54) is 12.1 Å². The highest BCUT2D eigenvalue weighted by molar-refractivity contribution is 5.20. The van der Waals surface area contributed by atoms with Gasteiger partial charge >= 0.3 is 0 Å². The van der Waals surface area contributed by atoms with E-state index in [1.54, 1.807) is 12.1 Å². The van der Waals surface area contributed by atoms with Crippen molar-refractivity contribution in [2.24, 2.45) is 5.92 Å².